The molecule has 2 heterocycles. The maximum Gasteiger partial charge on any atom is 0.340 e. The van der Waals surface area contributed by atoms with Crippen molar-refractivity contribution in [3.63, 3.8) is 0 Å². The normalized spacial score (nSPS) is 14.2. The van der Waals surface area contributed by atoms with Gasteiger partial charge in [-0.05, 0) is 37.3 Å². The standard InChI is InChI=1S/C18H21N3O3S2/c1-12-11-13(17(23)24-2)16(26-12)19-18(25)21-9-7-20(8-10-21)14-5-3-4-6-15(14)22/h3-6,11,22H,7-10H2,1-2H3,(H,19,25). The minimum atomic E-state index is -0.371. The van der Waals surface area contributed by atoms with E-state index in [1.54, 1.807) is 12.1 Å². The van der Waals surface area contributed by atoms with Gasteiger partial charge in [0, 0.05) is 31.1 Å². The molecule has 0 radical (unpaired) electrons. The number of esters is 1. The number of anilines is 2. The highest BCUT2D eigenvalue weighted by atomic mass is 32.1. The first kappa shape index (κ1) is 18.5. The number of nitrogens with one attached hydrogen (secondary N) is 1. The number of para-hydroxylation sites is 2. The topological polar surface area (TPSA) is 65.0 Å². The Morgan fingerprint density at radius 2 is 1.96 bits per heavy atom. The second kappa shape index (κ2) is 7.92. The van der Waals surface area contributed by atoms with Gasteiger partial charge in [0.15, 0.2) is 5.11 Å². The van der Waals surface area contributed by atoms with Gasteiger partial charge in [0.25, 0.3) is 0 Å². The third kappa shape index (κ3) is 3.91. The summed E-state index contributed by atoms with van der Waals surface area (Å²) in [5, 5.41) is 14.5. The number of rotatable bonds is 3. The zero-order chi connectivity index (χ0) is 18.7. The highest BCUT2D eigenvalue weighted by Gasteiger charge is 2.23. The number of benzene rings is 1. The lowest BCUT2D eigenvalue weighted by molar-refractivity contribution is 0.0602. The minimum Gasteiger partial charge on any atom is -0.506 e. The van der Waals surface area contributed by atoms with Crippen molar-refractivity contribution in [3.05, 3.63) is 40.8 Å². The summed E-state index contributed by atoms with van der Waals surface area (Å²) in [6, 6.07) is 9.15. The first-order valence-corrected chi connectivity index (χ1v) is 9.49. The van der Waals surface area contributed by atoms with E-state index in [1.807, 2.05) is 25.1 Å². The number of nitrogens with zero attached hydrogens (tertiary/aromatic N) is 2. The molecular weight excluding hydrogens is 370 g/mol. The molecule has 1 aliphatic heterocycles. The molecule has 2 N–H and O–H groups in total. The van der Waals surface area contributed by atoms with E-state index in [4.69, 9.17) is 17.0 Å². The number of hydrogen-bond acceptors (Lipinski definition) is 6. The Morgan fingerprint density at radius 1 is 1.27 bits per heavy atom. The monoisotopic (exact) mass is 391 g/mol. The molecule has 0 saturated carbocycles. The molecule has 1 aromatic carbocycles. The Hall–Kier alpha value is -2.32. The van der Waals surface area contributed by atoms with Gasteiger partial charge in [-0.3, -0.25) is 0 Å². The third-order valence-electron chi connectivity index (χ3n) is 4.27. The molecule has 3 rings (SSSR count). The SMILES string of the molecule is COC(=O)c1cc(C)sc1NC(=S)N1CCN(c2ccccc2O)CC1. The van der Waals surface area contributed by atoms with Gasteiger partial charge in [-0.25, -0.2) is 4.79 Å². The van der Waals surface area contributed by atoms with Crippen LogP contribution in [0.25, 0.3) is 0 Å². The van der Waals surface area contributed by atoms with E-state index in [0.717, 1.165) is 36.7 Å². The van der Waals surface area contributed by atoms with Crippen molar-refractivity contribution in [2.45, 2.75) is 6.92 Å². The summed E-state index contributed by atoms with van der Waals surface area (Å²) in [6.45, 7) is 4.92. The lowest BCUT2D eigenvalue weighted by atomic mass is 10.2. The molecule has 0 atom stereocenters. The number of aryl methyl sites for hydroxylation is 1. The first-order valence-electron chi connectivity index (χ1n) is 8.27. The van der Waals surface area contributed by atoms with Gasteiger partial charge in [-0.15, -0.1) is 11.3 Å². The Balaban J connectivity index is 1.63. The summed E-state index contributed by atoms with van der Waals surface area (Å²) in [5.41, 5.74) is 1.35. The van der Waals surface area contributed by atoms with Crippen molar-refractivity contribution in [2.75, 3.05) is 43.5 Å². The van der Waals surface area contributed by atoms with Crippen LogP contribution in [0.5, 0.6) is 5.75 Å². The summed E-state index contributed by atoms with van der Waals surface area (Å²) in [7, 11) is 1.37. The molecule has 0 amide bonds. The number of carbonyl (C=O) groups excluding carboxylic acids is 1. The lowest BCUT2D eigenvalue weighted by Gasteiger charge is -2.37. The quantitative estimate of drug-likeness (QED) is 0.616. The van der Waals surface area contributed by atoms with Gasteiger partial charge in [-0.1, -0.05) is 12.1 Å². The molecule has 8 heteroatoms. The second-order valence-corrected chi connectivity index (χ2v) is 7.63. The van der Waals surface area contributed by atoms with Crippen LogP contribution in [-0.2, 0) is 4.74 Å². The molecule has 2 aromatic rings. The van der Waals surface area contributed by atoms with Gasteiger partial charge < -0.3 is 25.0 Å². The number of aromatic hydroxyl groups is 1. The van der Waals surface area contributed by atoms with E-state index in [-0.39, 0.29) is 5.97 Å². The van der Waals surface area contributed by atoms with E-state index >= 15 is 0 Å². The Kier molecular flexibility index (Phi) is 5.63. The van der Waals surface area contributed by atoms with Crippen LogP contribution < -0.4 is 10.2 Å². The number of methoxy groups -OCH3 is 1. The van der Waals surface area contributed by atoms with Crippen LogP contribution in [0, 0.1) is 6.92 Å². The summed E-state index contributed by atoms with van der Waals surface area (Å²) in [5.74, 6) is -0.0811. The average molecular weight is 392 g/mol. The fourth-order valence-electron chi connectivity index (χ4n) is 2.93. The number of carbonyl (C=O) groups is 1. The Morgan fingerprint density at radius 3 is 2.62 bits per heavy atom. The average Bonchev–Trinajstić information content (AvgIpc) is 3.02. The van der Waals surface area contributed by atoms with E-state index in [0.29, 0.717) is 21.4 Å². The fourth-order valence-corrected chi connectivity index (χ4v) is 4.17. The van der Waals surface area contributed by atoms with Crippen LogP contribution in [0.15, 0.2) is 30.3 Å². The van der Waals surface area contributed by atoms with E-state index in [9.17, 15) is 9.90 Å². The summed E-state index contributed by atoms with van der Waals surface area (Å²) < 4.78 is 4.83. The van der Waals surface area contributed by atoms with Crippen LogP contribution in [0.3, 0.4) is 0 Å². The third-order valence-corrected chi connectivity index (χ3v) is 5.60. The molecular formula is C18H21N3O3S2. The molecule has 6 nitrogen and oxygen atoms in total. The summed E-state index contributed by atoms with van der Waals surface area (Å²) in [6.07, 6.45) is 0. The maximum atomic E-state index is 11.9. The van der Waals surface area contributed by atoms with Gasteiger partial charge in [0.05, 0.1) is 18.4 Å². The van der Waals surface area contributed by atoms with Crippen molar-refractivity contribution in [1.82, 2.24) is 4.90 Å². The number of thiocarbonyl (C=S) groups is 1. The zero-order valence-corrected chi connectivity index (χ0v) is 16.3. The summed E-state index contributed by atoms with van der Waals surface area (Å²) in [4.78, 5) is 17.1. The van der Waals surface area contributed by atoms with E-state index in [2.05, 4.69) is 15.1 Å². The fraction of sp³-hybridized carbons (Fsp3) is 0.333. The van der Waals surface area contributed by atoms with Crippen molar-refractivity contribution >= 4 is 45.3 Å². The molecule has 1 aromatic heterocycles. The zero-order valence-electron chi connectivity index (χ0n) is 14.7. The van der Waals surface area contributed by atoms with E-state index < -0.39 is 0 Å². The van der Waals surface area contributed by atoms with Crippen molar-refractivity contribution in [3.8, 4) is 5.75 Å². The molecule has 1 aliphatic rings. The predicted molar refractivity (Wildman–Crippen MR) is 109 cm³/mol. The Labute approximate surface area is 162 Å². The maximum absolute atomic E-state index is 11.9. The number of thiophene rings is 1. The van der Waals surface area contributed by atoms with Crippen molar-refractivity contribution < 1.29 is 14.6 Å². The smallest absolute Gasteiger partial charge is 0.340 e. The number of phenolic OH excluding ortho intramolecular Hbond substituents is 1. The van der Waals surface area contributed by atoms with Gasteiger partial charge in [0.1, 0.15) is 10.8 Å². The lowest BCUT2D eigenvalue weighted by Crippen LogP contribution is -2.50. The largest absolute Gasteiger partial charge is 0.506 e. The number of piperazine rings is 1. The molecule has 1 saturated heterocycles. The second-order valence-electron chi connectivity index (χ2n) is 5.98. The van der Waals surface area contributed by atoms with Gasteiger partial charge >= 0.3 is 5.97 Å². The first-order chi connectivity index (χ1) is 12.5. The molecule has 0 bridgehead atoms. The van der Waals surface area contributed by atoms with Crippen LogP contribution in [0.4, 0.5) is 10.7 Å². The van der Waals surface area contributed by atoms with Crippen molar-refractivity contribution in [2.24, 2.45) is 0 Å². The van der Waals surface area contributed by atoms with E-state index in [1.165, 1.54) is 18.4 Å². The van der Waals surface area contributed by atoms with Crippen LogP contribution in [0.2, 0.25) is 0 Å². The van der Waals surface area contributed by atoms with Gasteiger partial charge in [-0.2, -0.15) is 0 Å². The molecule has 0 unspecified atom stereocenters. The molecule has 1 fully saturated rings. The Bertz CT molecular complexity index is 814. The highest BCUT2D eigenvalue weighted by molar-refractivity contribution is 7.80. The molecule has 138 valence electrons. The molecule has 26 heavy (non-hydrogen) atoms. The molecule has 0 spiro atoms. The number of ether oxygens (including phenoxy) is 1. The molecule has 0 aliphatic carbocycles. The number of phenols is 1. The van der Waals surface area contributed by atoms with Crippen LogP contribution in [-0.4, -0.2) is 54.4 Å². The van der Waals surface area contributed by atoms with Crippen LogP contribution in [0.1, 0.15) is 15.2 Å². The minimum absolute atomic E-state index is 0.290. The van der Waals surface area contributed by atoms with Crippen molar-refractivity contribution in [1.29, 1.82) is 0 Å². The van der Waals surface area contributed by atoms with Gasteiger partial charge in [0.2, 0.25) is 0 Å². The number of hydrogen-bond donors (Lipinski definition) is 2. The summed E-state index contributed by atoms with van der Waals surface area (Å²) >= 11 is 7.01. The van der Waals surface area contributed by atoms with Crippen LogP contribution >= 0.6 is 23.6 Å². The predicted octanol–water partition coefficient (Wildman–Crippen LogP) is 3.07. The highest BCUT2D eigenvalue weighted by Crippen LogP contribution is 2.29.